The quantitative estimate of drug-likeness (QED) is 0.0344. The van der Waals surface area contributed by atoms with Gasteiger partial charge in [0.25, 0.3) is 0 Å². The molecule has 0 unspecified atom stereocenters. The fourth-order valence-corrected chi connectivity index (χ4v) is 8.57. The van der Waals surface area contributed by atoms with Gasteiger partial charge in [-0.3, -0.25) is 14.4 Å². The zero-order valence-electron chi connectivity index (χ0n) is 42.3. The van der Waals surface area contributed by atoms with Gasteiger partial charge < -0.3 is 14.2 Å². The number of carbonyl (C=O) groups is 3. The maximum absolute atomic E-state index is 12.8. The van der Waals surface area contributed by atoms with E-state index in [-0.39, 0.29) is 31.1 Å². The lowest BCUT2D eigenvalue weighted by Gasteiger charge is -2.18. The van der Waals surface area contributed by atoms with Crippen LogP contribution in [-0.4, -0.2) is 37.2 Å². The van der Waals surface area contributed by atoms with Gasteiger partial charge in [-0.25, -0.2) is 0 Å². The Hall–Kier alpha value is -1.59. The van der Waals surface area contributed by atoms with Crippen LogP contribution in [0.4, 0.5) is 0 Å². The molecule has 0 amide bonds. The zero-order valence-corrected chi connectivity index (χ0v) is 42.3. The molecule has 0 saturated carbocycles. The lowest BCUT2D eigenvalue weighted by molar-refractivity contribution is -0.167. The highest BCUT2D eigenvalue weighted by Gasteiger charge is 2.19. The van der Waals surface area contributed by atoms with Crippen LogP contribution in [0.25, 0.3) is 0 Å². The van der Waals surface area contributed by atoms with Gasteiger partial charge in [0.05, 0.1) is 0 Å². The van der Waals surface area contributed by atoms with E-state index in [1.165, 1.54) is 212 Å². The van der Waals surface area contributed by atoms with Crippen molar-refractivity contribution in [2.45, 2.75) is 323 Å². The van der Waals surface area contributed by atoms with Crippen molar-refractivity contribution in [1.82, 2.24) is 0 Å². The number of rotatable bonds is 51. The summed E-state index contributed by atoms with van der Waals surface area (Å²) in [6.07, 6.45) is 53.8. The van der Waals surface area contributed by atoms with Crippen LogP contribution in [-0.2, 0) is 28.6 Å². The largest absolute Gasteiger partial charge is 0.462 e. The van der Waals surface area contributed by atoms with E-state index in [1.807, 2.05) is 0 Å². The third kappa shape index (κ3) is 49.4. The number of hydrogen-bond acceptors (Lipinski definition) is 6. The van der Waals surface area contributed by atoms with Gasteiger partial charge in [0.1, 0.15) is 13.2 Å². The average molecular weight is 877 g/mol. The van der Waals surface area contributed by atoms with Crippen LogP contribution in [0.15, 0.2) is 0 Å². The fourth-order valence-electron chi connectivity index (χ4n) is 8.57. The van der Waals surface area contributed by atoms with Gasteiger partial charge in [-0.1, -0.05) is 278 Å². The second-order valence-corrected chi connectivity index (χ2v) is 19.7. The van der Waals surface area contributed by atoms with Crippen LogP contribution in [0.2, 0.25) is 0 Å². The summed E-state index contributed by atoms with van der Waals surface area (Å²) in [5, 5.41) is 0. The highest BCUT2D eigenvalue weighted by Crippen LogP contribution is 2.18. The lowest BCUT2D eigenvalue weighted by atomic mass is 10.0. The van der Waals surface area contributed by atoms with E-state index >= 15 is 0 Å². The molecule has 0 bridgehead atoms. The summed E-state index contributed by atoms with van der Waals surface area (Å²) in [6, 6.07) is 0. The Morgan fingerprint density at radius 1 is 0.306 bits per heavy atom. The molecule has 0 aliphatic carbocycles. The van der Waals surface area contributed by atoms with Crippen LogP contribution < -0.4 is 0 Å². The first-order valence-electron chi connectivity index (χ1n) is 27.9. The van der Waals surface area contributed by atoms with E-state index in [0.717, 1.165) is 63.7 Å². The molecule has 6 heteroatoms. The lowest BCUT2D eigenvalue weighted by Crippen LogP contribution is -2.30. The van der Waals surface area contributed by atoms with Crippen LogP contribution in [0.5, 0.6) is 0 Å². The second-order valence-electron chi connectivity index (χ2n) is 19.7. The normalized spacial score (nSPS) is 12.0. The Bertz CT molecular complexity index is 933. The molecule has 0 aliphatic rings. The summed E-state index contributed by atoms with van der Waals surface area (Å²) in [5.74, 6) is -0.0216. The van der Waals surface area contributed by atoms with Crippen molar-refractivity contribution in [2.24, 2.45) is 5.92 Å². The third-order valence-electron chi connectivity index (χ3n) is 12.8. The molecular formula is C56H108O6. The van der Waals surface area contributed by atoms with Crippen molar-refractivity contribution in [3.63, 3.8) is 0 Å². The van der Waals surface area contributed by atoms with Crippen molar-refractivity contribution in [3.8, 4) is 0 Å². The molecule has 6 nitrogen and oxygen atoms in total. The number of carbonyl (C=O) groups excluding carboxylic acids is 3. The van der Waals surface area contributed by atoms with Gasteiger partial charge in [0.15, 0.2) is 6.10 Å². The third-order valence-corrected chi connectivity index (χ3v) is 12.8. The molecule has 0 radical (unpaired) electrons. The Kier molecular flexibility index (Phi) is 49.1. The van der Waals surface area contributed by atoms with Crippen molar-refractivity contribution in [3.05, 3.63) is 0 Å². The van der Waals surface area contributed by atoms with Crippen molar-refractivity contribution >= 4 is 17.9 Å². The van der Waals surface area contributed by atoms with Gasteiger partial charge in [0.2, 0.25) is 0 Å². The molecule has 0 heterocycles. The minimum absolute atomic E-state index is 0.0625. The van der Waals surface area contributed by atoms with Gasteiger partial charge >= 0.3 is 17.9 Å². The molecule has 62 heavy (non-hydrogen) atoms. The summed E-state index contributed by atoms with van der Waals surface area (Å²) in [6.45, 7) is 9.03. The Labute approximate surface area is 387 Å². The van der Waals surface area contributed by atoms with E-state index in [4.69, 9.17) is 14.2 Å². The first-order valence-corrected chi connectivity index (χ1v) is 27.9. The van der Waals surface area contributed by atoms with Crippen molar-refractivity contribution < 1.29 is 28.6 Å². The molecule has 0 N–H and O–H groups in total. The molecule has 0 aromatic carbocycles. The van der Waals surface area contributed by atoms with E-state index in [9.17, 15) is 14.4 Å². The topological polar surface area (TPSA) is 78.9 Å². The maximum Gasteiger partial charge on any atom is 0.306 e. The van der Waals surface area contributed by atoms with E-state index in [1.54, 1.807) is 0 Å². The molecule has 0 fully saturated rings. The zero-order chi connectivity index (χ0) is 45.2. The number of hydrogen-bond donors (Lipinski definition) is 0. The number of ether oxygens (including phenoxy) is 3. The Morgan fingerprint density at radius 3 is 0.790 bits per heavy atom. The summed E-state index contributed by atoms with van der Waals surface area (Å²) in [5.41, 5.74) is 0. The highest BCUT2D eigenvalue weighted by molar-refractivity contribution is 5.71. The highest BCUT2D eigenvalue weighted by atomic mass is 16.6. The van der Waals surface area contributed by atoms with Crippen molar-refractivity contribution in [1.29, 1.82) is 0 Å². The minimum Gasteiger partial charge on any atom is -0.462 e. The van der Waals surface area contributed by atoms with E-state index < -0.39 is 6.10 Å². The van der Waals surface area contributed by atoms with Crippen LogP contribution in [0.1, 0.15) is 317 Å². The molecular weight excluding hydrogens is 769 g/mol. The molecule has 0 aliphatic heterocycles. The summed E-state index contributed by atoms with van der Waals surface area (Å²) >= 11 is 0. The van der Waals surface area contributed by atoms with Crippen molar-refractivity contribution in [2.75, 3.05) is 13.2 Å². The predicted octanol–water partition coefficient (Wildman–Crippen LogP) is 18.2. The molecule has 0 aromatic rings. The fraction of sp³-hybridized carbons (Fsp3) is 0.946. The smallest absolute Gasteiger partial charge is 0.306 e. The van der Waals surface area contributed by atoms with Gasteiger partial charge in [-0.2, -0.15) is 0 Å². The summed E-state index contributed by atoms with van der Waals surface area (Å²) in [4.78, 5) is 38.0. The SMILES string of the molecule is CCCCCCCCCCCCCCCCCCCCCC(=O)O[C@H](COC(=O)CCCCCCCCCCCCCC)COC(=O)CCCCCCCCCCCCC(C)C. The predicted molar refractivity (Wildman–Crippen MR) is 266 cm³/mol. The minimum atomic E-state index is -0.761. The molecule has 0 aromatic heterocycles. The average Bonchev–Trinajstić information content (AvgIpc) is 3.26. The number of esters is 3. The summed E-state index contributed by atoms with van der Waals surface area (Å²) < 4.78 is 16.8. The Morgan fingerprint density at radius 2 is 0.532 bits per heavy atom. The maximum atomic E-state index is 12.8. The van der Waals surface area contributed by atoms with Gasteiger partial charge in [-0.15, -0.1) is 0 Å². The van der Waals surface area contributed by atoms with Crippen LogP contribution in [0.3, 0.4) is 0 Å². The first-order chi connectivity index (χ1) is 30.4. The standard InChI is InChI=1S/C56H108O6/c1-5-7-9-11-13-15-17-19-20-21-22-23-24-25-27-33-37-41-45-49-56(59)62-53(50-60-54(57)47-43-39-35-31-26-18-16-14-12-10-8-6-2)51-61-55(58)48-44-40-36-32-29-28-30-34-38-42-46-52(3)4/h52-53H,5-51H2,1-4H3/t53-/m1/s1. The molecule has 368 valence electrons. The molecule has 0 saturated heterocycles. The van der Waals surface area contributed by atoms with E-state index in [2.05, 4.69) is 27.7 Å². The van der Waals surface area contributed by atoms with Crippen LogP contribution >= 0.6 is 0 Å². The monoisotopic (exact) mass is 877 g/mol. The van der Waals surface area contributed by atoms with Crippen LogP contribution in [0, 0.1) is 5.92 Å². The molecule has 0 rings (SSSR count). The molecule has 1 atom stereocenters. The van der Waals surface area contributed by atoms with E-state index in [0.29, 0.717) is 19.3 Å². The molecule has 0 spiro atoms. The Balaban J connectivity index is 4.27. The van der Waals surface area contributed by atoms with Gasteiger partial charge in [0, 0.05) is 19.3 Å². The summed E-state index contributed by atoms with van der Waals surface area (Å²) in [7, 11) is 0. The first kappa shape index (κ1) is 60.4. The second kappa shape index (κ2) is 50.4. The van der Waals surface area contributed by atoms with Gasteiger partial charge in [-0.05, 0) is 25.2 Å². The number of unbranched alkanes of at least 4 members (excludes halogenated alkanes) is 38.